The Bertz CT molecular complexity index is 429. The van der Waals surface area contributed by atoms with Crippen molar-refractivity contribution in [2.75, 3.05) is 0 Å². The molecule has 2 aromatic heterocycles. The summed E-state index contributed by atoms with van der Waals surface area (Å²) in [6, 6.07) is 6.02. The van der Waals surface area contributed by atoms with Crippen LogP contribution in [0.2, 0.25) is 0 Å². The third-order valence-electron chi connectivity index (χ3n) is 2.08. The lowest BCUT2D eigenvalue weighted by Gasteiger charge is -1.95. The molecule has 2 aromatic rings. The Hall–Kier alpha value is -1.38. The number of aryl methyl sites for hydroxylation is 1. The Morgan fingerprint density at radius 2 is 2.08 bits per heavy atom. The van der Waals surface area contributed by atoms with Gasteiger partial charge in [-0.25, -0.2) is 9.50 Å². The smallest absolute Gasteiger partial charge is 0.155 e. The standard InChI is InChI=1S/C10H13N3/c1-7(2)10-11-9-6-4-5-8(3)13(9)12-10/h4-7H,1-3H3. The van der Waals surface area contributed by atoms with E-state index in [0.29, 0.717) is 5.92 Å². The van der Waals surface area contributed by atoms with E-state index in [4.69, 9.17) is 0 Å². The van der Waals surface area contributed by atoms with E-state index >= 15 is 0 Å². The molecule has 0 bridgehead atoms. The maximum atomic E-state index is 4.42. The van der Waals surface area contributed by atoms with Crippen molar-refractivity contribution in [2.24, 2.45) is 0 Å². The lowest BCUT2D eigenvalue weighted by atomic mass is 10.2. The van der Waals surface area contributed by atoms with Crippen molar-refractivity contribution in [3.05, 3.63) is 29.7 Å². The van der Waals surface area contributed by atoms with Crippen LogP contribution in [0.3, 0.4) is 0 Å². The molecule has 0 aromatic carbocycles. The molecule has 0 spiro atoms. The highest BCUT2D eigenvalue weighted by molar-refractivity contribution is 5.38. The number of aromatic nitrogens is 3. The first-order valence-corrected chi connectivity index (χ1v) is 4.51. The quantitative estimate of drug-likeness (QED) is 0.664. The summed E-state index contributed by atoms with van der Waals surface area (Å²) in [5.74, 6) is 1.30. The Kier molecular flexibility index (Phi) is 1.79. The molecule has 0 N–H and O–H groups in total. The Balaban J connectivity index is 2.68. The second-order valence-corrected chi connectivity index (χ2v) is 3.56. The third kappa shape index (κ3) is 1.30. The van der Waals surface area contributed by atoms with Gasteiger partial charge in [-0.05, 0) is 19.1 Å². The minimum absolute atomic E-state index is 0.388. The van der Waals surface area contributed by atoms with Gasteiger partial charge in [0.1, 0.15) is 0 Å². The van der Waals surface area contributed by atoms with Crippen LogP contribution >= 0.6 is 0 Å². The van der Waals surface area contributed by atoms with Crippen LogP contribution in [0, 0.1) is 6.92 Å². The van der Waals surface area contributed by atoms with Crippen molar-refractivity contribution in [3.8, 4) is 0 Å². The van der Waals surface area contributed by atoms with Gasteiger partial charge in [0.15, 0.2) is 11.5 Å². The topological polar surface area (TPSA) is 30.2 Å². The lowest BCUT2D eigenvalue weighted by Crippen LogP contribution is -1.94. The first kappa shape index (κ1) is 8.23. The predicted octanol–water partition coefficient (Wildman–Crippen LogP) is 2.16. The normalized spacial score (nSPS) is 11.4. The molecule has 0 radical (unpaired) electrons. The zero-order chi connectivity index (χ0) is 9.42. The summed E-state index contributed by atoms with van der Waals surface area (Å²) in [6.07, 6.45) is 0. The molecule has 0 aliphatic heterocycles. The molecule has 0 aliphatic carbocycles. The number of rotatable bonds is 1. The van der Waals surface area contributed by atoms with Crippen LogP contribution in [0.25, 0.3) is 5.65 Å². The summed E-state index contributed by atoms with van der Waals surface area (Å²) in [5, 5.41) is 4.42. The SMILES string of the molecule is Cc1cccc2nc(C(C)C)nn12. The summed E-state index contributed by atoms with van der Waals surface area (Å²) in [7, 11) is 0. The van der Waals surface area contributed by atoms with Crippen molar-refractivity contribution in [2.45, 2.75) is 26.7 Å². The van der Waals surface area contributed by atoms with Gasteiger partial charge in [-0.3, -0.25) is 0 Å². The van der Waals surface area contributed by atoms with Crippen LogP contribution < -0.4 is 0 Å². The largest absolute Gasteiger partial charge is 0.218 e. The first-order chi connectivity index (χ1) is 6.18. The van der Waals surface area contributed by atoms with E-state index in [1.54, 1.807) is 0 Å². The average molecular weight is 175 g/mol. The molecular formula is C10H13N3. The van der Waals surface area contributed by atoms with Gasteiger partial charge in [-0.1, -0.05) is 19.9 Å². The van der Waals surface area contributed by atoms with Crippen molar-refractivity contribution in [3.63, 3.8) is 0 Å². The van der Waals surface area contributed by atoms with Crippen LogP contribution in [0.4, 0.5) is 0 Å². The Morgan fingerprint density at radius 1 is 1.31 bits per heavy atom. The van der Waals surface area contributed by atoms with Crippen LogP contribution in [0.1, 0.15) is 31.3 Å². The van der Waals surface area contributed by atoms with Gasteiger partial charge in [0, 0.05) is 11.6 Å². The van der Waals surface area contributed by atoms with Crippen LogP contribution in [-0.2, 0) is 0 Å². The van der Waals surface area contributed by atoms with Gasteiger partial charge in [0.25, 0.3) is 0 Å². The van der Waals surface area contributed by atoms with Gasteiger partial charge in [0.05, 0.1) is 0 Å². The molecule has 68 valence electrons. The van der Waals surface area contributed by atoms with Crippen LogP contribution in [0.15, 0.2) is 18.2 Å². The van der Waals surface area contributed by atoms with Gasteiger partial charge in [-0.2, -0.15) is 5.10 Å². The minimum atomic E-state index is 0.388. The van der Waals surface area contributed by atoms with Crippen molar-refractivity contribution in [1.82, 2.24) is 14.6 Å². The van der Waals surface area contributed by atoms with Crippen molar-refractivity contribution in [1.29, 1.82) is 0 Å². The Morgan fingerprint density at radius 3 is 2.69 bits per heavy atom. The number of nitrogens with zero attached hydrogens (tertiary/aromatic N) is 3. The monoisotopic (exact) mass is 175 g/mol. The zero-order valence-corrected chi connectivity index (χ0v) is 8.15. The average Bonchev–Trinajstić information content (AvgIpc) is 2.49. The fourth-order valence-corrected chi connectivity index (χ4v) is 1.30. The highest BCUT2D eigenvalue weighted by atomic mass is 15.3. The molecule has 2 rings (SSSR count). The summed E-state index contributed by atoms with van der Waals surface area (Å²) < 4.78 is 1.88. The van der Waals surface area contributed by atoms with Crippen molar-refractivity contribution < 1.29 is 0 Å². The van der Waals surface area contributed by atoms with E-state index in [-0.39, 0.29) is 0 Å². The molecule has 0 aliphatic rings. The molecule has 0 saturated carbocycles. The molecule has 2 heterocycles. The lowest BCUT2D eigenvalue weighted by molar-refractivity contribution is 0.759. The number of hydrogen-bond acceptors (Lipinski definition) is 2. The van der Waals surface area contributed by atoms with E-state index in [1.807, 2.05) is 29.6 Å². The highest BCUT2D eigenvalue weighted by Crippen LogP contribution is 2.11. The highest BCUT2D eigenvalue weighted by Gasteiger charge is 2.07. The zero-order valence-electron chi connectivity index (χ0n) is 8.15. The molecular weight excluding hydrogens is 162 g/mol. The van der Waals surface area contributed by atoms with Gasteiger partial charge < -0.3 is 0 Å². The molecule has 0 saturated heterocycles. The fraction of sp³-hybridized carbons (Fsp3) is 0.400. The molecule has 3 nitrogen and oxygen atoms in total. The second-order valence-electron chi connectivity index (χ2n) is 3.56. The van der Waals surface area contributed by atoms with E-state index in [1.165, 1.54) is 0 Å². The van der Waals surface area contributed by atoms with Gasteiger partial charge in [-0.15, -0.1) is 0 Å². The first-order valence-electron chi connectivity index (χ1n) is 4.51. The predicted molar refractivity (Wildman–Crippen MR) is 51.8 cm³/mol. The molecule has 0 unspecified atom stereocenters. The van der Waals surface area contributed by atoms with E-state index in [9.17, 15) is 0 Å². The van der Waals surface area contributed by atoms with E-state index in [0.717, 1.165) is 17.2 Å². The Labute approximate surface area is 77.4 Å². The van der Waals surface area contributed by atoms with Gasteiger partial charge >= 0.3 is 0 Å². The third-order valence-corrected chi connectivity index (χ3v) is 2.08. The van der Waals surface area contributed by atoms with Gasteiger partial charge in [0.2, 0.25) is 0 Å². The molecule has 0 atom stereocenters. The number of fused-ring (bicyclic) bond motifs is 1. The summed E-state index contributed by atoms with van der Waals surface area (Å²) in [6.45, 7) is 6.24. The maximum absolute atomic E-state index is 4.42. The number of hydrogen-bond donors (Lipinski definition) is 0. The summed E-state index contributed by atoms with van der Waals surface area (Å²) in [5.41, 5.74) is 2.06. The maximum Gasteiger partial charge on any atom is 0.155 e. The van der Waals surface area contributed by atoms with Crippen LogP contribution in [-0.4, -0.2) is 14.6 Å². The van der Waals surface area contributed by atoms with E-state index in [2.05, 4.69) is 23.9 Å². The molecule has 0 amide bonds. The minimum Gasteiger partial charge on any atom is -0.218 e. The second kappa shape index (κ2) is 2.83. The van der Waals surface area contributed by atoms with Crippen molar-refractivity contribution >= 4 is 5.65 Å². The number of pyridine rings is 1. The molecule has 13 heavy (non-hydrogen) atoms. The summed E-state index contributed by atoms with van der Waals surface area (Å²) in [4.78, 5) is 4.42. The summed E-state index contributed by atoms with van der Waals surface area (Å²) >= 11 is 0. The van der Waals surface area contributed by atoms with Crippen LogP contribution in [0.5, 0.6) is 0 Å². The van der Waals surface area contributed by atoms with E-state index < -0.39 is 0 Å². The molecule has 3 heteroatoms. The fourth-order valence-electron chi connectivity index (χ4n) is 1.30. The molecule has 0 fully saturated rings.